The Morgan fingerprint density at radius 1 is 0.375 bits per heavy atom. The summed E-state index contributed by atoms with van der Waals surface area (Å²) < 4.78 is 4.67. The summed E-state index contributed by atoms with van der Waals surface area (Å²) in [6, 6.07) is 59.0. The van der Waals surface area contributed by atoms with Crippen molar-refractivity contribution in [2.24, 2.45) is 0 Å². The van der Waals surface area contributed by atoms with Crippen LogP contribution < -0.4 is 0 Å². The third kappa shape index (κ3) is 4.25. The molecule has 0 N–H and O–H groups in total. The van der Waals surface area contributed by atoms with Gasteiger partial charge in [-0.05, 0) is 80.8 Å². The lowest BCUT2D eigenvalue weighted by Gasteiger charge is -2.13. The topological polar surface area (TPSA) is 22.8 Å². The van der Waals surface area contributed by atoms with E-state index in [-0.39, 0.29) is 0 Å². The molecule has 0 amide bonds. The summed E-state index contributed by atoms with van der Waals surface area (Å²) >= 11 is 0. The van der Waals surface area contributed by atoms with E-state index in [1.54, 1.807) is 0 Å². The van der Waals surface area contributed by atoms with Crippen molar-refractivity contribution in [1.29, 1.82) is 0 Å². The maximum atomic E-state index is 5.04. The summed E-state index contributed by atoms with van der Waals surface area (Å²) in [6.07, 6.45) is 0. The Labute approximate surface area is 278 Å². The Morgan fingerprint density at radius 3 is 1.46 bits per heavy atom. The number of aromatic nitrogens is 3. The number of hydrogen-bond donors (Lipinski definition) is 0. The molecule has 3 heteroatoms. The Balaban J connectivity index is 0.00000154. The van der Waals surface area contributed by atoms with Gasteiger partial charge in [0, 0.05) is 27.7 Å². The van der Waals surface area contributed by atoms with Gasteiger partial charge in [-0.1, -0.05) is 129 Å². The molecule has 0 aliphatic rings. The second-order valence-electron chi connectivity index (χ2n) is 12.0. The molecule has 0 fully saturated rings. The molecular formula is C45H33N3. The maximum Gasteiger partial charge on any atom is 0.145 e. The SMILES string of the molecule is CC.c1ccc(-c2nc3ccccc3n2-c2ccc3c(ccc4c5ccc(-n6c7ccccc7c7ccccc76)cc5ccc34)c2)cc1. The highest BCUT2D eigenvalue weighted by molar-refractivity contribution is 6.18. The maximum absolute atomic E-state index is 5.04. The van der Waals surface area contributed by atoms with Crippen LogP contribution in [0.5, 0.6) is 0 Å². The van der Waals surface area contributed by atoms with Crippen LogP contribution in [0.2, 0.25) is 0 Å². The van der Waals surface area contributed by atoms with E-state index in [1.807, 2.05) is 19.9 Å². The summed E-state index contributed by atoms with van der Waals surface area (Å²) in [5.41, 5.74) is 7.94. The number of imidazole rings is 1. The molecule has 0 atom stereocenters. The van der Waals surface area contributed by atoms with E-state index < -0.39 is 0 Å². The largest absolute Gasteiger partial charge is 0.309 e. The van der Waals surface area contributed by atoms with Crippen molar-refractivity contribution >= 4 is 65.2 Å². The molecular weight excluding hydrogens is 583 g/mol. The summed E-state index contributed by atoms with van der Waals surface area (Å²) in [5.74, 6) is 0.951. The normalized spacial score (nSPS) is 11.5. The molecule has 8 aromatic carbocycles. The number of para-hydroxylation sites is 4. The monoisotopic (exact) mass is 615 g/mol. The Bertz CT molecular complexity index is 2750. The third-order valence-electron chi connectivity index (χ3n) is 9.49. The Hall–Kier alpha value is -6.19. The van der Waals surface area contributed by atoms with Gasteiger partial charge in [0.1, 0.15) is 5.82 Å². The molecule has 0 aliphatic carbocycles. The van der Waals surface area contributed by atoms with Crippen molar-refractivity contribution in [3.8, 4) is 22.8 Å². The van der Waals surface area contributed by atoms with Crippen molar-refractivity contribution in [2.75, 3.05) is 0 Å². The molecule has 228 valence electrons. The van der Waals surface area contributed by atoms with Gasteiger partial charge < -0.3 is 4.57 Å². The first-order chi connectivity index (χ1) is 23.8. The molecule has 2 heterocycles. The van der Waals surface area contributed by atoms with Gasteiger partial charge >= 0.3 is 0 Å². The third-order valence-corrected chi connectivity index (χ3v) is 9.49. The van der Waals surface area contributed by atoms with Crippen LogP contribution >= 0.6 is 0 Å². The number of benzene rings is 8. The molecule has 0 radical (unpaired) electrons. The average molecular weight is 616 g/mol. The standard InChI is InChI=1S/C43H27N3.C2H6/c1-2-10-28(11-3-1)43-44-39-14-6-9-17-42(39)46(43)32-21-25-34-30(27-32)19-23-35-33-24-20-31(26-29(33)18-22-36(34)35)45-40-15-7-4-12-37(40)38-13-5-8-16-41(38)45;1-2/h1-27H;1-2H3. The van der Waals surface area contributed by atoms with E-state index in [0.717, 1.165) is 28.1 Å². The lowest BCUT2D eigenvalue weighted by atomic mass is 9.96. The van der Waals surface area contributed by atoms with Crippen LogP contribution in [0.25, 0.3) is 87.9 Å². The highest BCUT2D eigenvalue weighted by atomic mass is 15.1. The van der Waals surface area contributed by atoms with E-state index in [0.29, 0.717) is 0 Å². The quantitative estimate of drug-likeness (QED) is 0.181. The molecule has 0 spiro atoms. The smallest absolute Gasteiger partial charge is 0.145 e. The van der Waals surface area contributed by atoms with Crippen LogP contribution in [0.3, 0.4) is 0 Å². The van der Waals surface area contributed by atoms with Crippen LogP contribution in [0, 0.1) is 0 Å². The molecule has 0 saturated carbocycles. The zero-order chi connectivity index (χ0) is 32.2. The molecule has 0 bridgehead atoms. The van der Waals surface area contributed by atoms with Gasteiger partial charge in [-0.25, -0.2) is 4.98 Å². The van der Waals surface area contributed by atoms with Gasteiger partial charge in [-0.3, -0.25) is 4.57 Å². The van der Waals surface area contributed by atoms with Gasteiger partial charge in [0.15, 0.2) is 0 Å². The number of nitrogens with zero attached hydrogens (tertiary/aromatic N) is 3. The van der Waals surface area contributed by atoms with Crippen molar-refractivity contribution in [3.63, 3.8) is 0 Å². The summed E-state index contributed by atoms with van der Waals surface area (Å²) in [6.45, 7) is 4.00. The molecule has 10 rings (SSSR count). The fraction of sp³-hybridized carbons (Fsp3) is 0.0444. The minimum absolute atomic E-state index is 0.951. The molecule has 0 unspecified atom stereocenters. The minimum Gasteiger partial charge on any atom is -0.309 e. The fourth-order valence-electron chi connectivity index (χ4n) is 7.41. The van der Waals surface area contributed by atoms with Crippen molar-refractivity contribution in [3.05, 3.63) is 164 Å². The first-order valence-corrected chi connectivity index (χ1v) is 16.7. The first kappa shape index (κ1) is 28.1. The highest BCUT2D eigenvalue weighted by Gasteiger charge is 2.16. The lowest BCUT2D eigenvalue weighted by Crippen LogP contribution is -1.97. The highest BCUT2D eigenvalue weighted by Crippen LogP contribution is 2.37. The lowest BCUT2D eigenvalue weighted by molar-refractivity contribution is 1.11. The number of rotatable bonds is 3. The van der Waals surface area contributed by atoms with Crippen molar-refractivity contribution in [1.82, 2.24) is 14.1 Å². The van der Waals surface area contributed by atoms with Gasteiger partial charge in [-0.2, -0.15) is 0 Å². The van der Waals surface area contributed by atoms with Gasteiger partial charge in [0.2, 0.25) is 0 Å². The molecule has 48 heavy (non-hydrogen) atoms. The number of hydrogen-bond acceptors (Lipinski definition) is 1. The van der Waals surface area contributed by atoms with E-state index in [2.05, 4.69) is 167 Å². The average Bonchev–Trinajstić information content (AvgIpc) is 3.72. The molecule has 10 aromatic rings. The fourth-order valence-corrected chi connectivity index (χ4v) is 7.41. The summed E-state index contributed by atoms with van der Waals surface area (Å²) in [7, 11) is 0. The van der Waals surface area contributed by atoms with Crippen LogP contribution in [0.1, 0.15) is 13.8 Å². The van der Waals surface area contributed by atoms with Gasteiger partial charge in [0.25, 0.3) is 0 Å². The first-order valence-electron chi connectivity index (χ1n) is 16.7. The van der Waals surface area contributed by atoms with Crippen molar-refractivity contribution in [2.45, 2.75) is 13.8 Å². The Morgan fingerprint density at radius 2 is 0.854 bits per heavy atom. The predicted molar refractivity (Wildman–Crippen MR) is 205 cm³/mol. The van der Waals surface area contributed by atoms with Crippen LogP contribution in [0.15, 0.2) is 164 Å². The second-order valence-corrected chi connectivity index (χ2v) is 12.0. The van der Waals surface area contributed by atoms with Crippen molar-refractivity contribution < 1.29 is 0 Å². The number of fused-ring (bicyclic) bond motifs is 9. The van der Waals surface area contributed by atoms with Gasteiger partial charge in [0.05, 0.1) is 22.1 Å². The molecule has 0 aliphatic heterocycles. The molecule has 0 saturated heterocycles. The second kappa shape index (κ2) is 11.3. The van der Waals surface area contributed by atoms with Crippen LogP contribution in [-0.4, -0.2) is 14.1 Å². The minimum atomic E-state index is 0.951. The summed E-state index contributed by atoms with van der Waals surface area (Å²) in [5, 5.41) is 10.1. The van der Waals surface area contributed by atoms with E-state index in [4.69, 9.17) is 4.98 Å². The zero-order valence-electron chi connectivity index (χ0n) is 26.9. The summed E-state index contributed by atoms with van der Waals surface area (Å²) in [4.78, 5) is 5.04. The van der Waals surface area contributed by atoms with Gasteiger partial charge in [-0.15, -0.1) is 0 Å². The van der Waals surface area contributed by atoms with Crippen LogP contribution in [0.4, 0.5) is 0 Å². The molecule has 2 aromatic heterocycles. The van der Waals surface area contributed by atoms with E-state index in [9.17, 15) is 0 Å². The van der Waals surface area contributed by atoms with Crippen LogP contribution in [-0.2, 0) is 0 Å². The molecule has 3 nitrogen and oxygen atoms in total. The Kier molecular flexibility index (Phi) is 6.58. The zero-order valence-corrected chi connectivity index (χ0v) is 26.9. The van der Waals surface area contributed by atoms with E-state index in [1.165, 1.54) is 59.8 Å². The predicted octanol–water partition coefficient (Wildman–Crippen LogP) is 12.3. The van der Waals surface area contributed by atoms with E-state index >= 15 is 0 Å².